The highest BCUT2D eigenvalue weighted by Gasteiger charge is 2.18. The lowest BCUT2D eigenvalue weighted by atomic mass is 9.98. The van der Waals surface area contributed by atoms with E-state index in [0.717, 1.165) is 16.8 Å². The molecule has 3 heterocycles. The number of aryl methyl sites for hydroxylation is 2. The van der Waals surface area contributed by atoms with E-state index >= 15 is 0 Å². The van der Waals surface area contributed by atoms with Crippen LogP contribution in [0.1, 0.15) is 33.6 Å². The zero-order chi connectivity index (χ0) is 23.5. The predicted octanol–water partition coefficient (Wildman–Crippen LogP) is 3.96. The molecular formula is C25H25F2N3O3. The summed E-state index contributed by atoms with van der Waals surface area (Å²) in [5.74, 6) is -0.214. The lowest BCUT2D eigenvalue weighted by molar-refractivity contribution is 0.0992. The molecule has 0 saturated carbocycles. The predicted molar refractivity (Wildman–Crippen MR) is 122 cm³/mol. The molecule has 0 aliphatic carbocycles. The Morgan fingerprint density at radius 1 is 1.18 bits per heavy atom. The second-order valence-corrected chi connectivity index (χ2v) is 8.13. The van der Waals surface area contributed by atoms with E-state index in [9.17, 15) is 18.4 Å². The molecule has 0 unspecified atom stereocenters. The smallest absolute Gasteiger partial charge is 0.273 e. The molecule has 0 spiro atoms. The Bertz CT molecular complexity index is 1230. The van der Waals surface area contributed by atoms with Crippen LogP contribution in [0.2, 0.25) is 0 Å². The van der Waals surface area contributed by atoms with Gasteiger partial charge in [0.25, 0.3) is 12.0 Å². The molecule has 2 aromatic heterocycles. The molecule has 6 nitrogen and oxygen atoms in total. The van der Waals surface area contributed by atoms with Gasteiger partial charge in [-0.25, -0.2) is 8.78 Å². The van der Waals surface area contributed by atoms with Gasteiger partial charge in [0.2, 0.25) is 0 Å². The van der Waals surface area contributed by atoms with Gasteiger partial charge < -0.3 is 14.2 Å². The first kappa shape index (κ1) is 22.8. The summed E-state index contributed by atoms with van der Waals surface area (Å²) in [6.45, 7) is 4.23. The van der Waals surface area contributed by atoms with Crippen molar-refractivity contribution in [2.45, 2.75) is 19.8 Å². The molecule has 1 aliphatic rings. The zero-order valence-electron chi connectivity index (χ0n) is 18.6. The van der Waals surface area contributed by atoms with Crippen LogP contribution in [0.15, 0.2) is 53.6 Å². The highest BCUT2D eigenvalue weighted by atomic mass is 19.3. The molecule has 1 saturated heterocycles. The largest absolute Gasteiger partial charge is 0.378 e. The van der Waals surface area contributed by atoms with Crippen LogP contribution in [0.3, 0.4) is 0 Å². The summed E-state index contributed by atoms with van der Waals surface area (Å²) in [4.78, 5) is 32.1. The molecular weight excluding hydrogens is 428 g/mol. The van der Waals surface area contributed by atoms with Crippen molar-refractivity contribution >= 4 is 11.5 Å². The van der Waals surface area contributed by atoms with Gasteiger partial charge in [-0.3, -0.25) is 14.6 Å². The average molecular weight is 453 g/mol. The number of nitrogens with zero attached hydrogens (tertiary/aromatic N) is 3. The third kappa shape index (κ3) is 5.01. The van der Waals surface area contributed by atoms with E-state index in [0.29, 0.717) is 43.1 Å². The van der Waals surface area contributed by atoms with Crippen molar-refractivity contribution in [3.8, 4) is 11.1 Å². The minimum absolute atomic E-state index is 0.00293. The first-order valence-corrected chi connectivity index (χ1v) is 10.7. The SMILES string of the molecule is Cc1ncc(C(=O)Cc2cccc(C(F)F)c2)cc1-c1cc(N2CCOCC2)c(=O)n(C)c1. The van der Waals surface area contributed by atoms with Crippen LogP contribution in [0, 0.1) is 6.92 Å². The Kier molecular flexibility index (Phi) is 6.65. The number of anilines is 1. The van der Waals surface area contributed by atoms with Crippen LogP contribution in [-0.4, -0.2) is 41.6 Å². The van der Waals surface area contributed by atoms with Crippen molar-refractivity contribution in [2.24, 2.45) is 7.05 Å². The first-order chi connectivity index (χ1) is 15.8. The number of benzene rings is 1. The van der Waals surface area contributed by atoms with Crippen molar-refractivity contribution in [2.75, 3.05) is 31.2 Å². The van der Waals surface area contributed by atoms with Gasteiger partial charge in [-0.15, -0.1) is 0 Å². The lowest BCUT2D eigenvalue weighted by Crippen LogP contribution is -2.40. The van der Waals surface area contributed by atoms with Gasteiger partial charge in [0.05, 0.1) is 13.2 Å². The van der Waals surface area contributed by atoms with Crippen LogP contribution in [0.4, 0.5) is 14.5 Å². The van der Waals surface area contributed by atoms with Crippen molar-refractivity contribution in [3.05, 3.63) is 81.5 Å². The quantitative estimate of drug-likeness (QED) is 0.529. The zero-order valence-corrected chi connectivity index (χ0v) is 18.6. The van der Waals surface area contributed by atoms with Crippen molar-refractivity contribution in [3.63, 3.8) is 0 Å². The molecule has 0 amide bonds. The van der Waals surface area contributed by atoms with Gasteiger partial charge in [-0.05, 0) is 30.7 Å². The van der Waals surface area contributed by atoms with E-state index in [2.05, 4.69) is 4.98 Å². The minimum atomic E-state index is -2.59. The van der Waals surface area contributed by atoms with Gasteiger partial charge in [-0.1, -0.05) is 18.2 Å². The molecule has 1 aliphatic heterocycles. The van der Waals surface area contributed by atoms with Gasteiger partial charge >= 0.3 is 0 Å². The number of alkyl halides is 2. The summed E-state index contributed by atoms with van der Waals surface area (Å²) < 4.78 is 32.9. The fourth-order valence-electron chi connectivity index (χ4n) is 3.98. The molecule has 1 aromatic carbocycles. The number of aromatic nitrogens is 2. The average Bonchev–Trinajstić information content (AvgIpc) is 2.81. The Morgan fingerprint density at radius 3 is 2.67 bits per heavy atom. The Morgan fingerprint density at radius 2 is 1.94 bits per heavy atom. The molecule has 1 fully saturated rings. The molecule has 3 aromatic rings. The molecule has 0 bridgehead atoms. The molecule has 0 atom stereocenters. The second kappa shape index (κ2) is 9.62. The minimum Gasteiger partial charge on any atom is -0.378 e. The summed E-state index contributed by atoms with van der Waals surface area (Å²) in [5, 5.41) is 0. The highest BCUT2D eigenvalue weighted by Crippen LogP contribution is 2.27. The third-order valence-electron chi connectivity index (χ3n) is 5.80. The maximum Gasteiger partial charge on any atom is 0.273 e. The van der Waals surface area contributed by atoms with Crippen LogP contribution in [0.5, 0.6) is 0 Å². The Labute approximate surface area is 190 Å². The van der Waals surface area contributed by atoms with E-state index in [1.165, 1.54) is 29.0 Å². The van der Waals surface area contributed by atoms with E-state index in [-0.39, 0.29) is 23.3 Å². The standard InChI is InChI=1S/C25H25F2N3O3/c1-16-21(20-13-22(25(32)29(2)15-20)30-6-8-33-9-7-30)12-19(14-28-16)23(31)11-17-4-3-5-18(10-17)24(26)27/h3-5,10,12-15,24H,6-9,11H2,1-2H3. The fraction of sp³-hybridized carbons (Fsp3) is 0.320. The van der Waals surface area contributed by atoms with E-state index in [1.54, 1.807) is 25.4 Å². The highest BCUT2D eigenvalue weighted by molar-refractivity contribution is 5.98. The van der Waals surface area contributed by atoms with Gasteiger partial charge in [0.15, 0.2) is 5.78 Å². The van der Waals surface area contributed by atoms with Crippen molar-refractivity contribution < 1.29 is 18.3 Å². The normalized spacial score (nSPS) is 14.0. The first-order valence-electron chi connectivity index (χ1n) is 10.7. The lowest BCUT2D eigenvalue weighted by Gasteiger charge is -2.28. The maximum absolute atomic E-state index is 13.0. The van der Waals surface area contributed by atoms with Crippen LogP contribution in [-0.2, 0) is 18.2 Å². The Hall–Kier alpha value is -3.39. The monoisotopic (exact) mass is 453 g/mol. The molecule has 8 heteroatoms. The van der Waals surface area contributed by atoms with Crippen LogP contribution < -0.4 is 10.5 Å². The number of rotatable bonds is 6. The number of morpholine rings is 1. The topological polar surface area (TPSA) is 64.4 Å². The molecule has 0 N–H and O–H groups in total. The fourth-order valence-corrected chi connectivity index (χ4v) is 3.98. The number of halogens is 2. The number of hydrogen-bond donors (Lipinski definition) is 0. The number of carbonyl (C=O) groups excluding carboxylic acids is 1. The van der Waals surface area contributed by atoms with Crippen molar-refractivity contribution in [1.82, 2.24) is 9.55 Å². The number of ketones is 1. The van der Waals surface area contributed by atoms with Gasteiger partial charge in [-0.2, -0.15) is 0 Å². The third-order valence-corrected chi connectivity index (χ3v) is 5.80. The summed E-state index contributed by atoms with van der Waals surface area (Å²) in [7, 11) is 1.70. The van der Waals surface area contributed by atoms with Gasteiger partial charge in [0.1, 0.15) is 5.69 Å². The molecule has 0 radical (unpaired) electrons. The summed E-state index contributed by atoms with van der Waals surface area (Å²) in [6.07, 6.45) is 0.648. The number of carbonyl (C=O) groups is 1. The van der Waals surface area contributed by atoms with E-state index in [4.69, 9.17) is 4.74 Å². The summed E-state index contributed by atoms with van der Waals surface area (Å²) in [6, 6.07) is 9.47. The number of hydrogen-bond acceptors (Lipinski definition) is 5. The van der Waals surface area contributed by atoms with E-state index < -0.39 is 6.43 Å². The number of Topliss-reactive ketones (excluding diaryl/α,β-unsaturated/α-hetero) is 1. The Balaban J connectivity index is 1.66. The van der Waals surface area contributed by atoms with Crippen molar-refractivity contribution in [1.29, 1.82) is 0 Å². The van der Waals surface area contributed by atoms with Gasteiger partial charge in [0, 0.05) is 66.9 Å². The number of pyridine rings is 2. The summed E-state index contributed by atoms with van der Waals surface area (Å²) >= 11 is 0. The molecule has 33 heavy (non-hydrogen) atoms. The second-order valence-electron chi connectivity index (χ2n) is 8.13. The molecule has 4 rings (SSSR count). The van der Waals surface area contributed by atoms with Crippen LogP contribution in [0.25, 0.3) is 11.1 Å². The summed E-state index contributed by atoms with van der Waals surface area (Å²) in [5.41, 5.74) is 3.53. The number of ether oxygens (including phenoxy) is 1. The maximum atomic E-state index is 13.0. The van der Waals surface area contributed by atoms with E-state index in [1.807, 2.05) is 17.9 Å². The molecule has 172 valence electrons. The van der Waals surface area contributed by atoms with Crippen LogP contribution >= 0.6 is 0 Å².